The van der Waals surface area contributed by atoms with Gasteiger partial charge in [-0.15, -0.1) is 0 Å². The van der Waals surface area contributed by atoms with Crippen molar-refractivity contribution in [2.45, 2.75) is 26.0 Å². The number of hydrogen-bond donors (Lipinski definition) is 2. The highest BCUT2D eigenvalue weighted by Crippen LogP contribution is 2.18. The van der Waals surface area contributed by atoms with Crippen molar-refractivity contribution in [3.05, 3.63) is 95.3 Å². The second kappa shape index (κ2) is 10.8. The zero-order valence-electron chi connectivity index (χ0n) is 17.3. The van der Waals surface area contributed by atoms with E-state index in [0.29, 0.717) is 30.9 Å². The van der Waals surface area contributed by atoms with Crippen molar-refractivity contribution in [1.82, 2.24) is 5.32 Å². The van der Waals surface area contributed by atoms with Crippen LogP contribution in [-0.2, 0) is 17.8 Å². The van der Waals surface area contributed by atoms with Crippen LogP contribution in [0.4, 0.5) is 10.1 Å². The number of hydrogen-bond acceptors (Lipinski definition) is 4. The molecule has 0 aliphatic heterocycles. The first-order chi connectivity index (χ1) is 15.0. The maximum absolute atomic E-state index is 12.9. The number of rotatable bonds is 9. The van der Waals surface area contributed by atoms with Crippen LogP contribution >= 0.6 is 0 Å². The van der Waals surface area contributed by atoms with E-state index in [1.165, 1.54) is 12.1 Å². The van der Waals surface area contributed by atoms with Gasteiger partial charge in [0, 0.05) is 12.2 Å². The molecule has 0 spiro atoms. The molecule has 1 amide bonds. The van der Waals surface area contributed by atoms with E-state index in [-0.39, 0.29) is 11.7 Å². The number of carbonyl (C=O) groups excluding carboxylic acids is 1. The minimum absolute atomic E-state index is 0.111. The molecule has 0 aliphatic rings. The fourth-order valence-electron chi connectivity index (χ4n) is 2.99. The van der Waals surface area contributed by atoms with E-state index in [0.717, 1.165) is 16.8 Å². The summed E-state index contributed by atoms with van der Waals surface area (Å²) in [6.45, 7) is 2.64. The molecule has 0 heterocycles. The summed E-state index contributed by atoms with van der Waals surface area (Å²) in [5, 5.41) is 15.0. The minimum atomic E-state index is -0.409. The van der Waals surface area contributed by atoms with Crippen LogP contribution in [0.3, 0.4) is 0 Å². The average Bonchev–Trinajstić information content (AvgIpc) is 2.80. The number of nitrogens with one attached hydrogen (secondary N) is 2. The molecular weight excluding hydrogens is 393 g/mol. The maximum atomic E-state index is 12.9. The predicted molar refractivity (Wildman–Crippen MR) is 118 cm³/mol. The van der Waals surface area contributed by atoms with Crippen molar-refractivity contribution in [3.8, 4) is 11.8 Å². The fourth-order valence-corrected chi connectivity index (χ4v) is 2.99. The lowest BCUT2D eigenvalue weighted by Crippen LogP contribution is -2.38. The first-order valence-electron chi connectivity index (χ1n) is 10.0. The van der Waals surface area contributed by atoms with E-state index in [2.05, 4.69) is 16.7 Å². The van der Waals surface area contributed by atoms with Crippen molar-refractivity contribution < 1.29 is 13.9 Å². The van der Waals surface area contributed by atoms with Gasteiger partial charge >= 0.3 is 0 Å². The Morgan fingerprint density at radius 2 is 1.81 bits per heavy atom. The van der Waals surface area contributed by atoms with E-state index in [4.69, 9.17) is 10.00 Å². The van der Waals surface area contributed by atoms with Crippen molar-refractivity contribution in [2.24, 2.45) is 0 Å². The molecule has 3 rings (SSSR count). The lowest BCUT2D eigenvalue weighted by atomic mass is 10.1. The number of halogens is 1. The summed E-state index contributed by atoms with van der Waals surface area (Å²) in [4.78, 5) is 12.3. The third kappa shape index (κ3) is 6.86. The molecule has 0 aliphatic carbocycles. The van der Waals surface area contributed by atoms with Gasteiger partial charge in [0.2, 0.25) is 5.91 Å². The monoisotopic (exact) mass is 417 g/mol. The summed E-state index contributed by atoms with van der Waals surface area (Å²) < 4.78 is 18.7. The van der Waals surface area contributed by atoms with Crippen LogP contribution in [0.5, 0.6) is 5.75 Å². The van der Waals surface area contributed by atoms with Gasteiger partial charge in [0.1, 0.15) is 24.2 Å². The van der Waals surface area contributed by atoms with Gasteiger partial charge < -0.3 is 15.4 Å². The molecule has 0 saturated carbocycles. The first-order valence-corrected chi connectivity index (χ1v) is 10.0. The molecule has 31 heavy (non-hydrogen) atoms. The summed E-state index contributed by atoms with van der Waals surface area (Å²) in [7, 11) is 0. The van der Waals surface area contributed by atoms with Crippen LogP contribution < -0.4 is 15.4 Å². The summed E-state index contributed by atoms with van der Waals surface area (Å²) in [6, 6.07) is 22.6. The number of amides is 1. The molecule has 1 unspecified atom stereocenters. The minimum Gasteiger partial charge on any atom is -0.489 e. The predicted octanol–water partition coefficient (Wildman–Crippen LogP) is 4.44. The van der Waals surface area contributed by atoms with E-state index in [1.807, 2.05) is 36.4 Å². The molecule has 0 saturated heterocycles. The molecule has 3 aromatic rings. The second-order valence-corrected chi connectivity index (χ2v) is 7.16. The molecule has 6 heteroatoms. The SMILES string of the molecule is CC(Nc1ccc(OCc2cccc(C#N)c2)cc1)C(=O)NCCc1ccc(F)cc1. The highest BCUT2D eigenvalue weighted by Gasteiger charge is 2.12. The van der Waals surface area contributed by atoms with Gasteiger partial charge in [0.05, 0.1) is 11.6 Å². The molecule has 5 nitrogen and oxygen atoms in total. The smallest absolute Gasteiger partial charge is 0.242 e. The quantitative estimate of drug-likeness (QED) is 0.540. The van der Waals surface area contributed by atoms with Crippen molar-refractivity contribution in [1.29, 1.82) is 5.26 Å². The van der Waals surface area contributed by atoms with Gasteiger partial charge in [-0.2, -0.15) is 5.26 Å². The Morgan fingerprint density at radius 3 is 2.52 bits per heavy atom. The molecule has 2 N–H and O–H groups in total. The van der Waals surface area contributed by atoms with E-state index in [1.54, 1.807) is 31.2 Å². The Morgan fingerprint density at radius 1 is 1.06 bits per heavy atom. The highest BCUT2D eigenvalue weighted by atomic mass is 19.1. The number of anilines is 1. The van der Waals surface area contributed by atoms with Gasteiger partial charge in [0.15, 0.2) is 0 Å². The normalized spacial score (nSPS) is 11.3. The zero-order valence-corrected chi connectivity index (χ0v) is 17.3. The number of nitriles is 1. The van der Waals surface area contributed by atoms with E-state index >= 15 is 0 Å². The highest BCUT2D eigenvalue weighted by molar-refractivity contribution is 5.84. The van der Waals surface area contributed by atoms with Crippen molar-refractivity contribution in [3.63, 3.8) is 0 Å². The van der Waals surface area contributed by atoms with Crippen molar-refractivity contribution in [2.75, 3.05) is 11.9 Å². The lowest BCUT2D eigenvalue weighted by Gasteiger charge is -2.16. The first kappa shape index (κ1) is 21.8. The Bertz CT molecular complexity index is 1040. The summed E-state index contributed by atoms with van der Waals surface area (Å²) in [5.74, 6) is 0.319. The molecule has 1 atom stereocenters. The number of nitrogens with zero attached hydrogens (tertiary/aromatic N) is 1. The molecule has 0 fully saturated rings. The summed E-state index contributed by atoms with van der Waals surface area (Å²) in [5.41, 5.74) is 3.30. The van der Waals surface area contributed by atoms with Gasteiger partial charge in [-0.05, 0) is 73.0 Å². The van der Waals surface area contributed by atoms with E-state index in [9.17, 15) is 9.18 Å². The summed E-state index contributed by atoms with van der Waals surface area (Å²) >= 11 is 0. The van der Waals surface area contributed by atoms with Crippen LogP contribution in [0.15, 0.2) is 72.8 Å². The third-order valence-corrected chi connectivity index (χ3v) is 4.72. The van der Waals surface area contributed by atoms with Gasteiger partial charge in [-0.25, -0.2) is 4.39 Å². The Hall–Kier alpha value is -3.85. The number of ether oxygens (including phenoxy) is 1. The Labute approximate surface area is 181 Å². The Balaban J connectivity index is 1.43. The average molecular weight is 417 g/mol. The lowest BCUT2D eigenvalue weighted by molar-refractivity contribution is -0.121. The van der Waals surface area contributed by atoms with Crippen LogP contribution in [0, 0.1) is 17.1 Å². The van der Waals surface area contributed by atoms with Gasteiger partial charge in [0.25, 0.3) is 0 Å². The van der Waals surface area contributed by atoms with Gasteiger partial charge in [-0.1, -0.05) is 24.3 Å². The zero-order chi connectivity index (χ0) is 22.1. The molecule has 0 bridgehead atoms. The van der Waals surface area contributed by atoms with Gasteiger partial charge in [-0.3, -0.25) is 4.79 Å². The maximum Gasteiger partial charge on any atom is 0.242 e. The Kier molecular flexibility index (Phi) is 7.61. The standard InChI is InChI=1S/C25H24FN3O2/c1-18(25(30)28-14-13-19-5-7-22(26)8-6-19)29-23-9-11-24(12-10-23)31-17-21-4-2-3-20(15-21)16-27/h2-12,15,18,29H,13-14,17H2,1H3,(H,28,30). The second-order valence-electron chi connectivity index (χ2n) is 7.16. The fraction of sp³-hybridized carbons (Fsp3) is 0.200. The topological polar surface area (TPSA) is 74.1 Å². The number of benzene rings is 3. The van der Waals surface area contributed by atoms with Crippen LogP contribution in [0.25, 0.3) is 0 Å². The van der Waals surface area contributed by atoms with Crippen LogP contribution in [0.2, 0.25) is 0 Å². The largest absolute Gasteiger partial charge is 0.489 e. The molecule has 0 aromatic heterocycles. The van der Waals surface area contributed by atoms with Crippen LogP contribution in [-0.4, -0.2) is 18.5 Å². The molecule has 0 radical (unpaired) electrons. The third-order valence-electron chi connectivity index (χ3n) is 4.72. The number of carbonyl (C=O) groups is 1. The molecular formula is C25H24FN3O2. The van der Waals surface area contributed by atoms with E-state index < -0.39 is 6.04 Å². The summed E-state index contributed by atoms with van der Waals surface area (Å²) in [6.07, 6.45) is 0.641. The van der Waals surface area contributed by atoms with Crippen molar-refractivity contribution >= 4 is 11.6 Å². The molecule has 3 aromatic carbocycles. The van der Waals surface area contributed by atoms with Crippen LogP contribution in [0.1, 0.15) is 23.6 Å². The molecule has 158 valence electrons.